The van der Waals surface area contributed by atoms with E-state index in [1.165, 1.54) is 44.9 Å². The summed E-state index contributed by atoms with van der Waals surface area (Å²) in [6, 6.07) is 0.492. The first kappa shape index (κ1) is 13.8. The minimum absolute atomic E-state index is 0.312. The SMILES string of the molecule is OC12CNC(CCCCCCNC3CCCCC31)N2. The molecule has 0 aromatic carbocycles. The van der Waals surface area contributed by atoms with Crippen LogP contribution in [0.2, 0.25) is 0 Å². The number of aliphatic hydroxyl groups is 1. The van der Waals surface area contributed by atoms with Gasteiger partial charge in [0.05, 0.1) is 6.17 Å². The van der Waals surface area contributed by atoms with Gasteiger partial charge in [0.1, 0.15) is 5.72 Å². The number of β-amino-alcohol motifs (C(OH)–C–C–N with tert-alkyl or cyclic N) is 1. The zero-order valence-corrected chi connectivity index (χ0v) is 12.0. The zero-order valence-electron chi connectivity index (χ0n) is 12.0. The van der Waals surface area contributed by atoms with Gasteiger partial charge in [0, 0.05) is 18.5 Å². The van der Waals surface area contributed by atoms with Crippen LogP contribution in [0.5, 0.6) is 0 Å². The van der Waals surface area contributed by atoms with E-state index in [1.807, 2.05) is 0 Å². The lowest BCUT2D eigenvalue weighted by Gasteiger charge is -2.41. The van der Waals surface area contributed by atoms with Crippen LogP contribution in [0.3, 0.4) is 0 Å². The van der Waals surface area contributed by atoms with Crippen LogP contribution < -0.4 is 16.0 Å². The molecule has 2 heterocycles. The molecule has 1 saturated carbocycles. The number of nitrogens with one attached hydrogen (secondary N) is 3. The predicted octanol–water partition coefficient (Wildman–Crippen LogP) is 1.31. The minimum Gasteiger partial charge on any atom is -0.374 e. The van der Waals surface area contributed by atoms with Gasteiger partial charge in [-0.05, 0) is 32.2 Å². The average molecular weight is 267 g/mol. The summed E-state index contributed by atoms with van der Waals surface area (Å²) in [5.41, 5.74) is -0.693. The highest BCUT2D eigenvalue weighted by atomic mass is 16.3. The lowest BCUT2D eigenvalue weighted by atomic mass is 9.77. The number of rotatable bonds is 0. The Hall–Kier alpha value is -0.160. The Balaban J connectivity index is 1.72. The fourth-order valence-electron chi connectivity index (χ4n) is 4.16. The Bertz CT molecular complexity index is 299. The van der Waals surface area contributed by atoms with Crippen molar-refractivity contribution in [2.45, 2.75) is 75.7 Å². The van der Waals surface area contributed by atoms with E-state index in [0.717, 1.165) is 19.4 Å². The zero-order chi connectivity index (χ0) is 13.1. The molecule has 3 rings (SSSR count). The third-order valence-corrected chi connectivity index (χ3v) is 5.25. The molecule has 2 bridgehead atoms. The summed E-state index contributed by atoms with van der Waals surface area (Å²) < 4.78 is 0. The molecule has 1 aliphatic carbocycles. The third kappa shape index (κ3) is 3.13. The van der Waals surface area contributed by atoms with Crippen molar-refractivity contribution in [3.8, 4) is 0 Å². The molecule has 4 heteroatoms. The van der Waals surface area contributed by atoms with Crippen LogP contribution in [0.1, 0.15) is 57.8 Å². The molecule has 0 aromatic heterocycles. The summed E-state index contributed by atoms with van der Waals surface area (Å²) in [6.45, 7) is 1.83. The van der Waals surface area contributed by atoms with Gasteiger partial charge in [-0.1, -0.05) is 32.1 Å². The van der Waals surface area contributed by atoms with Crippen LogP contribution in [0.4, 0.5) is 0 Å². The van der Waals surface area contributed by atoms with Gasteiger partial charge in [0.2, 0.25) is 0 Å². The molecule has 4 N–H and O–H groups in total. The van der Waals surface area contributed by atoms with E-state index in [0.29, 0.717) is 24.7 Å². The summed E-state index contributed by atoms with van der Waals surface area (Å²) in [6.07, 6.45) is 11.6. The van der Waals surface area contributed by atoms with E-state index in [2.05, 4.69) is 16.0 Å². The monoisotopic (exact) mass is 267 g/mol. The van der Waals surface area contributed by atoms with E-state index in [1.54, 1.807) is 0 Å². The van der Waals surface area contributed by atoms with Crippen molar-refractivity contribution in [2.24, 2.45) is 5.92 Å². The first-order chi connectivity index (χ1) is 9.28. The standard InChI is InChI=1S/C15H29N3O/c19-15-11-17-14(18-15)9-3-1-2-6-10-16-13-8-5-4-7-12(13)15/h12-14,16-19H,1-11H2. The largest absolute Gasteiger partial charge is 0.374 e. The summed E-state index contributed by atoms with van der Waals surface area (Å²) in [5.74, 6) is 0.359. The molecule has 4 nitrogen and oxygen atoms in total. The fraction of sp³-hybridized carbons (Fsp3) is 1.00. The second kappa shape index (κ2) is 6.08. The summed E-state index contributed by atoms with van der Waals surface area (Å²) in [4.78, 5) is 0. The smallest absolute Gasteiger partial charge is 0.134 e. The van der Waals surface area contributed by atoms with Crippen molar-refractivity contribution in [3.05, 3.63) is 0 Å². The van der Waals surface area contributed by atoms with Gasteiger partial charge < -0.3 is 10.4 Å². The number of hydrogen-bond donors (Lipinski definition) is 4. The van der Waals surface area contributed by atoms with Gasteiger partial charge in [-0.15, -0.1) is 0 Å². The lowest BCUT2D eigenvalue weighted by Crippen LogP contribution is -2.58. The van der Waals surface area contributed by atoms with Crippen LogP contribution >= 0.6 is 0 Å². The molecule has 0 amide bonds. The van der Waals surface area contributed by atoms with Gasteiger partial charge in [-0.3, -0.25) is 10.6 Å². The molecule has 2 aliphatic heterocycles. The maximum Gasteiger partial charge on any atom is 0.134 e. The van der Waals surface area contributed by atoms with Gasteiger partial charge in [-0.2, -0.15) is 0 Å². The molecule has 3 aliphatic rings. The van der Waals surface area contributed by atoms with Gasteiger partial charge in [0.25, 0.3) is 0 Å². The van der Waals surface area contributed by atoms with Crippen molar-refractivity contribution in [1.82, 2.24) is 16.0 Å². The van der Waals surface area contributed by atoms with E-state index in [9.17, 15) is 5.11 Å². The molecule has 2 saturated heterocycles. The van der Waals surface area contributed by atoms with E-state index < -0.39 is 5.72 Å². The van der Waals surface area contributed by atoms with Gasteiger partial charge in [-0.25, -0.2) is 0 Å². The molecule has 0 spiro atoms. The first-order valence-corrected chi connectivity index (χ1v) is 8.25. The van der Waals surface area contributed by atoms with Crippen molar-refractivity contribution >= 4 is 0 Å². The summed E-state index contributed by atoms with van der Waals surface area (Å²) >= 11 is 0. The minimum atomic E-state index is -0.693. The fourth-order valence-corrected chi connectivity index (χ4v) is 4.16. The maximum absolute atomic E-state index is 11.0. The average Bonchev–Trinajstić information content (AvgIpc) is 2.80. The van der Waals surface area contributed by atoms with Crippen molar-refractivity contribution in [1.29, 1.82) is 0 Å². The molecule has 4 atom stereocenters. The molecular formula is C15H29N3O. The number of hydrogen-bond acceptors (Lipinski definition) is 4. The molecule has 0 aromatic rings. The van der Waals surface area contributed by atoms with E-state index >= 15 is 0 Å². The quantitative estimate of drug-likeness (QED) is 0.534. The molecule has 19 heavy (non-hydrogen) atoms. The Morgan fingerprint density at radius 2 is 1.63 bits per heavy atom. The number of fused-ring (bicyclic) bond motifs is 4. The topological polar surface area (TPSA) is 56.3 Å². The Morgan fingerprint density at radius 3 is 2.58 bits per heavy atom. The van der Waals surface area contributed by atoms with Gasteiger partial charge in [0.15, 0.2) is 0 Å². The molecule has 0 radical (unpaired) electrons. The summed E-state index contributed by atoms with van der Waals surface area (Å²) in [7, 11) is 0. The van der Waals surface area contributed by atoms with Crippen molar-refractivity contribution in [2.75, 3.05) is 13.1 Å². The summed E-state index contributed by atoms with van der Waals surface area (Å²) in [5, 5.41) is 21.7. The van der Waals surface area contributed by atoms with Crippen molar-refractivity contribution < 1.29 is 5.11 Å². The molecule has 4 unspecified atom stereocenters. The Labute approximate surface area is 116 Å². The van der Waals surface area contributed by atoms with Crippen LogP contribution in [0.15, 0.2) is 0 Å². The van der Waals surface area contributed by atoms with Crippen LogP contribution in [0, 0.1) is 5.92 Å². The second-order valence-corrected chi connectivity index (χ2v) is 6.66. The highest BCUT2D eigenvalue weighted by molar-refractivity contribution is 5.00. The van der Waals surface area contributed by atoms with Gasteiger partial charge >= 0.3 is 0 Å². The lowest BCUT2D eigenvalue weighted by molar-refractivity contribution is -0.0527. The first-order valence-electron chi connectivity index (χ1n) is 8.25. The molecule has 3 fully saturated rings. The van der Waals surface area contributed by atoms with Crippen LogP contribution in [0.25, 0.3) is 0 Å². The van der Waals surface area contributed by atoms with E-state index in [4.69, 9.17) is 0 Å². The highest BCUT2D eigenvalue weighted by Crippen LogP contribution is 2.34. The normalized spacial score (nSPS) is 45.0. The third-order valence-electron chi connectivity index (χ3n) is 5.25. The van der Waals surface area contributed by atoms with E-state index in [-0.39, 0.29) is 0 Å². The van der Waals surface area contributed by atoms with Crippen LogP contribution in [-0.4, -0.2) is 36.1 Å². The highest BCUT2D eigenvalue weighted by Gasteiger charge is 2.46. The van der Waals surface area contributed by atoms with Crippen molar-refractivity contribution in [3.63, 3.8) is 0 Å². The Morgan fingerprint density at radius 1 is 0.842 bits per heavy atom. The maximum atomic E-state index is 11.0. The Kier molecular flexibility index (Phi) is 4.42. The predicted molar refractivity (Wildman–Crippen MR) is 76.7 cm³/mol. The van der Waals surface area contributed by atoms with Crippen LogP contribution in [-0.2, 0) is 0 Å². The second-order valence-electron chi connectivity index (χ2n) is 6.66. The molecular weight excluding hydrogens is 238 g/mol. The molecule has 110 valence electrons.